The third kappa shape index (κ3) is 5.60. The summed E-state index contributed by atoms with van der Waals surface area (Å²) in [6, 6.07) is 12.5. The fourth-order valence-corrected chi connectivity index (χ4v) is 3.35. The van der Waals surface area contributed by atoms with E-state index in [2.05, 4.69) is 10.6 Å². The molecule has 3 rings (SSSR count). The van der Waals surface area contributed by atoms with Crippen LogP contribution in [-0.2, 0) is 4.79 Å². The van der Waals surface area contributed by atoms with Gasteiger partial charge in [-0.25, -0.2) is 0 Å². The summed E-state index contributed by atoms with van der Waals surface area (Å²) < 4.78 is 10.5. The Morgan fingerprint density at radius 2 is 1.72 bits per heavy atom. The largest absolute Gasteiger partial charge is 0.497 e. The van der Waals surface area contributed by atoms with Crippen LogP contribution in [-0.4, -0.2) is 32.1 Å². The summed E-state index contributed by atoms with van der Waals surface area (Å²) in [6.45, 7) is 0. The van der Waals surface area contributed by atoms with Crippen molar-refractivity contribution in [2.45, 2.75) is 31.7 Å². The van der Waals surface area contributed by atoms with Crippen LogP contribution < -0.4 is 20.1 Å². The van der Waals surface area contributed by atoms with Crippen molar-refractivity contribution in [2.24, 2.45) is 0 Å². The zero-order valence-corrected chi connectivity index (χ0v) is 16.7. The molecule has 6 nitrogen and oxygen atoms in total. The second-order valence-electron chi connectivity index (χ2n) is 6.96. The lowest BCUT2D eigenvalue weighted by atomic mass is 10.1. The Balaban J connectivity index is 1.57. The number of hydrogen-bond donors (Lipinski definition) is 2. The maximum absolute atomic E-state index is 12.3. The van der Waals surface area contributed by atoms with Gasteiger partial charge in [0.25, 0.3) is 5.91 Å². The molecule has 0 unspecified atom stereocenters. The maximum Gasteiger partial charge on any atom is 0.251 e. The standard InChI is InChI=1S/C23H26N2O4/c1-28-20-13-9-16(21(15-20)29-2)10-14-22(26)24-19-11-7-17(8-12-19)23(27)25-18-5-3-4-6-18/h7-15,18H,3-6H2,1-2H3,(H,24,26)(H,25,27)/b14-10+. The van der Waals surface area contributed by atoms with Crippen molar-refractivity contribution in [3.05, 3.63) is 59.7 Å². The van der Waals surface area contributed by atoms with Gasteiger partial charge in [-0.15, -0.1) is 0 Å². The highest BCUT2D eigenvalue weighted by Crippen LogP contribution is 2.25. The van der Waals surface area contributed by atoms with Gasteiger partial charge in [0, 0.05) is 35.0 Å². The Morgan fingerprint density at radius 1 is 1.00 bits per heavy atom. The van der Waals surface area contributed by atoms with Gasteiger partial charge in [0.15, 0.2) is 0 Å². The number of benzene rings is 2. The number of methoxy groups -OCH3 is 2. The minimum absolute atomic E-state index is 0.0683. The Kier molecular flexibility index (Phi) is 6.89. The summed E-state index contributed by atoms with van der Waals surface area (Å²) in [5, 5.41) is 5.84. The lowest BCUT2D eigenvalue weighted by Crippen LogP contribution is -2.32. The SMILES string of the molecule is COc1ccc(/C=C/C(=O)Nc2ccc(C(=O)NC3CCCC3)cc2)c(OC)c1. The summed E-state index contributed by atoms with van der Waals surface area (Å²) >= 11 is 0. The van der Waals surface area contributed by atoms with Crippen molar-refractivity contribution < 1.29 is 19.1 Å². The Labute approximate surface area is 170 Å². The Morgan fingerprint density at radius 3 is 2.38 bits per heavy atom. The quantitative estimate of drug-likeness (QED) is 0.695. The van der Waals surface area contributed by atoms with E-state index in [0.717, 1.165) is 18.4 Å². The van der Waals surface area contributed by atoms with Gasteiger partial charge in [0.2, 0.25) is 5.91 Å². The minimum atomic E-state index is -0.272. The van der Waals surface area contributed by atoms with Crippen LogP contribution in [0.2, 0.25) is 0 Å². The first kappa shape index (κ1) is 20.5. The summed E-state index contributed by atoms with van der Waals surface area (Å²) in [5.41, 5.74) is 1.98. The van der Waals surface area contributed by atoms with Crippen LogP contribution in [0.1, 0.15) is 41.6 Å². The smallest absolute Gasteiger partial charge is 0.251 e. The van der Waals surface area contributed by atoms with Gasteiger partial charge in [0.05, 0.1) is 14.2 Å². The molecule has 2 N–H and O–H groups in total. The van der Waals surface area contributed by atoms with Crippen LogP contribution in [0, 0.1) is 0 Å². The molecular weight excluding hydrogens is 368 g/mol. The minimum Gasteiger partial charge on any atom is -0.497 e. The van der Waals surface area contributed by atoms with E-state index >= 15 is 0 Å². The van der Waals surface area contributed by atoms with Crippen molar-refractivity contribution in [1.82, 2.24) is 5.32 Å². The molecule has 0 spiro atoms. The normalized spacial score (nSPS) is 14.0. The Bertz CT molecular complexity index is 884. The summed E-state index contributed by atoms with van der Waals surface area (Å²) in [6.07, 6.45) is 7.55. The third-order valence-electron chi connectivity index (χ3n) is 4.96. The lowest BCUT2D eigenvalue weighted by molar-refractivity contribution is -0.111. The van der Waals surface area contributed by atoms with Crippen LogP contribution in [0.5, 0.6) is 11.5 Å². The van der Waals surface area contributed by atoms with E-state index in [1.54, 1.807) is 56.7 Å². The first-order valence-electron chi connectivity index (χ1n) is 9.71. The number of carbonyl (C=O) groups excluding carboxylic acids is 2. The first-order valence-corrected chi connectivity index (χ1v) is 9.71. The molecule has 1 aliphatic rings. The molecule has 6 heteroatoms. The van der Waals surface area contributed by atoms with Crippen molar-refractivity contribution in [3.63, 3.8) is 0 Å². The molecule has 0 radical (unpaired) electrons. The molecule has 152 valence electrons. The number of amides is 2. The number of rotatable bonds is 7. The van der Waals surface area contributed by atoms with E-state index < -0.39 is 0 Å². The molecule has 1 saturated carbocycles. The summed E-state index contributed by atoms with van der Waals surface area (Å²) in [5.74, 6) is 0.957. The van der Waals surface area contributed by atoms with Gasteiger partial charge in [-0.05, 0) is 55.3 Å². The summed E-state index contributed by atoms with van der Waals surface area (Å²) in [7, 11) is 3.15. The van der Waals surface area contributed by atoms with E-state index in [1.807, 2.05) is 6.07 Å². The maximum atomic E-state index is 12.3. The molecular formula is C23H26N2O4. The average molecular weight is 394 g/mol. The summed E-state index contributed by atoms with van der Waals surface area (Å²) in [4.78, 5) is 24.5. The number of ether oxygens (including phenoxy) is 2. The second kappa shape index (κ2) is 9.78. The monoisotopic (exact) mass is 394 g/mol. The molecule has 0 bridgehead atoms. The molecule has 0 saturated heterocycles. The van der Waals surface area contributed by atoms with E-state index in [4.69, 9.17) is 9.47 Å². The molecule has 2 amide bonds. The fourth-order valence-electron chi connectivity index (χ4n) is 3.35. The van der Waals surface area contributed by atoms with E-state index in [1.165, 1.54) is 18.9 Å². The number of nitrogens with one attached hydrogen (secondary N) is 2. The zero-order chi connectivity index (χ0) is 20.6. The van der Waals surface area contributed by atoms with Crippen LogP contribution in [0.3, 0.4) is 0 Å². The van der Waals surface area contributed by atoms with Crippen LogP contribution in [0.4, 0.5) is 5.69 Å². The van der Waals surface area contributed by atoms with Crippen LogP contribution in [0.25, 0.3) is 6.08 Å². The van der Waals surface area contributed by atoms with E-state index in [-0.39, 0.29) is 17.9 Å². The van der Waals surface area contributed by atoms with Crippen molar-refractivity contribution in [2.75, 3.05) is 19.5 Å². The van der Waals surface area contributed by atoms with Gasteiger partial charge in [-0.3, -0.25) is 9.59 Å². The second-order valence-corrected chi connectivity index (χ2v) is 6.96. The number of carbonyl (C=O) groups is 2. The molecule has 1 fully saturated rings. The first-order chi connectivity index (χ1) is 14.1. The molecule has 1 aliphatic carbocycles. The number of hydrogen-bond acceptors (Lipinski definition) is 4. The van der Waals surface area contributed by atoms with E-state index in [9.17, 15) is 9.59 Å². The molecule has 2 aromatic carbocycles. The topological polar surface area (TPSA) is 76.7 Å². The van der Waals surface area contributed by atoms with Crippen LogP contribution >= 0.6 is 0 Å². The molecule has 29 heavy (non-hydrogen) atoms. The fraction of sp³-hybridized carbons (Fsp3) is 0.304. The molecule has 0 aromatic heterocycles. The third-order valence-corrected chi connectivity index (χ3v) is 4.96. The van der Waals surface area contributed by atoms with Gasteiger partial charge in [0.1, 0.15) is 11.5 Å². The average Bonchev–Trinajstić information content (AvgIpc) is 3.25. The van der Waals surface area contributed by atoms with Crippen molar-refractivity contribution >= 4 is 23.6 Å². The predicted octanol–water partition coefficient (Wildman–Crippen LogP) is 4.03. The Hall–Kier alpha value is -3.28. The van der Waals surface area contributed by atoms with Gasteiger partial charge >= 0.3 is 0 Å². The van der Waals surface area contributed by atoms with Crippen molar-refractivity contribution in [1.29, 1.82) is 0 Å². The van der Waals surface area contributed by atoms with Crippen LogP contribution in [0.15, 0.2) is 48.5 Å². The van der Waals surface area contributed by atoms with Gasteiger partial charge in [-0.1, -0.05) is 12.8 Å². The molecule has 2 aromatic rings. The highest BCUT2D eigenvalue weighted by atomic mass is 16.5. The van der Waals surface area contributed by atoms with Gasteiger partial charge < -0.3 is 20.1 Å². The molecule has 0 heterocycles. The highest BCUT2D eigenvalue weighted by Gasteiger charge is 2.17. The van der Waals surface area contributed by atoms with Crippen molar-refractivity contribution in [3.8, 4) is 11.5 Å². The number of anilines is 1. The zero-order valence-electron chi connectivity index (χ0n) is 16.7. The van der Waals surface area contributed by atoms with Gasteiger partial charge in [-0.2, -0.15) is 0 Å². The predicted molar refractivity (Wildman–Crippen MR) is 113 cm³/mol. The lowest BCUT2D eigenvalue weighted by Gasteiger charge is -2.12. The van der Waals surface area contributed by atoms with E-state index in [0.29, 0.717) is 22.7 Å². The molecule has 0 atom stereocenters. The molecule has 0 aliphatic heterocycles. The highest BCUT2D eigenvalue weighted by molar-refractivity contribution is 6.02.